The second kappa shape index (κ2) is 7.40. The third-order valence-corrected chi connectivity index (χ3v) is 6.54. The lowest BCUT2D eigenvalue weighted by atomic mass is 10.1. The average molecular weight is 325 g/mol. The summed E-state index contributed by atoms with van der Waals surface area (Å²) in [6, 6.07) is -0.0647. The fraction of sp³-hybridized carbons (Fsp3) is 1.00. The molecule has 0 aromatic heterocycles. The first-order chi connectivity index (χ1) is 9.55. The number of rotatable bonds is 5. The van der Waals surface area contributed by atoms with Gasteiger partial charge in [0.1, 0.15) is 0 Å². The fourth-order valence-corrected chi connectivity index (χ4v) is 4.98. The van der Waals surface area contributed by atoms with Crippen molar-refractivity contribution in [3.05, 3.63) is 0 Å². The van der Waals surface area contributed by atoms with Gasteiger partial charge in [0.05, 0.1) is 6.10 Å². The van der Waals surface area contributed by atoms with Gasteiger partial charge in [0.15, 0.2) is 0 Å². The highest BCUT2D eigenvalue weighted by Gasteiger charge is 2.35. The van der Waals surface area contributed by atoms with Crippen molar-refractivity contribution < 1.29 is 13.2 Å². The van der Waals surface area contributed by atoms with Crippen LogP contribution in [0.25, 0.3) is 0 Å². The second-order valence-corrected chi connectivity index (χ2v) is 7.99. The van der Waals surface area contributed by atoms with Crippen LogP contribution in [0.4, 0.5) is 0 Å². The minimum atomic E-state index is -3.42. The number of halogens is 1. The average Bonchev–Trinajstić information content (AvgIpc) is 2.48. The molecule has 2 saturated heterocycles. The quantitative estimate of drug-likeness (QED) is 0.725. The summed E-state index contributed by atoms with van der Waals surface area (Å²) < 4.78 is 34.0. The Morgan fingerprint density at radius 2 is 2.00 bits per heavy atom. The summed E-state index contributed by atoms with van der Waals surface area (Å²) in [6.07, 6.45) is 6.00. The minimum absolute atomic E-state index is 0.0303. The Morgan fingerprint density at radius 3 is 2.65 bits per heavy atom. The molecule has 0 saturated carbocycles. The third kappa shape index (κ3) is 3.85. The van der Waals surface area contributed by atoms with Crippen LogP contribution in [0.5, 0.6) is 0 Å². The van der Waals surface area contributed by atoms with Gasteiger partial charge in [-0.15, -0.1) is 11.6 Å². The molecule has 0 spiro atoms. The first-order valence-corrected chi connectivity index (χ1v) is 9.39. The molecule has 2 heterocycles. The van der Waals surface area contributed by atoms with Crippen LogP contribution < -0.4 is 0 Å². The molecule has 0 aromatic carbocycles. The Kier molecular flexibility index (Phi) is 6.10. The lowest BCUT2D eigenvalue weighted by Crippen LogP contribution is -2.51. The Bertz CT molecular complexity index is 398. The Hall–Kier alpha value is 0.120. The normalized spacial score (nSPS) is 29.8. The van der Waals surface area contributed by atoms with Gasteiger partial charge in [-0.1, -0.05) is 6.42 Å². The molecule has 0 aliphatic carbocycles. The number of piperidine rings is 1. The zero-order chi connectivity index (χ0) is 14.6. The van der Waals surface area contributed by atoms with Gasteiger partial charge in [0, 0.05) is 38.7 Å². The highest BCUT2D eigenvalue weighted by atomic mass is 35.5. The second-order valence-electron chi connectivity index (χ2n) is 5.69. The van der Waals surface area contributed by atoms with Crippen molar-refractivity contribution in [2.24, 2.45) is 0 Å². The van der Waals surface area contributed by atoms with E-state index in [1.54, 1.807) is 11.4 Å². The Morgan fingerprint density at radius 1 is 1.25 bits per heavy atom. The van der Waals surface area contributed by atoms with Crippen molar-refractivity contribution >= 4 is 21.8 Å². The van der Waals surface area contributed by atoms with Crippen LogP contribution in [0.3, 0.4) is 0 Å². The molecule has 0 radical (unpaired) electrons. The first kappa shape index (κ1) is 16.5. The molecule has 2 fully saturated rings. The molecule has 2 aliphatic rings. The highest BCUT2D eigenvalue weighted by molar-refractivity contribution is 7.86. The Balaban J connectivity index is 1.99. The summed E-state index contributed by atoms with van der Waals surface area (Å²) in [5.41, 5.74) is 0. The maximum absolute atomic E-state index is 12.7. The van der Waals surface area contributed by atoms with Crippen molar-refractivity contribution in [1.29, 1.82) is 0 Å². The molecule has 5 nitrogen and oxygen atoms in total. The Labute approximate surface area is 127 Å². The van der Waals surface area contributed by atoms with Gasteiger partial charge in [0.25, 0.3) is 10.2 Å². The van der Waals surface area contributed by atoms with Gasteiger partial charge in [0.2, 0.25) is 0 Å². The van der Waals surface area contributed by atoms with Crippen LogP contribution in [0.2, 0.25) is 0 Å². The maximum atomic E-state index is 12.7. The van der Waals surface area contributed by atoms with Crippen molar-refractivity contribution in [3.8, 4) is 0 Å². The van der Waals surface area contributed by atoms with Crippen LogP contribution >= 0.6 is 11.6 Å². The van der Waals surface area contributed by atoms with E-state index in [1.165, 1.54) is 4.31 Å². The molecule has 0 amide bonds. The van der Waals surface area contributed by atoms with Gasteiger partial charge in [-0.25, -0.2) is 0 Å². The van der Waals surface area contributed by atoms with E-state index in [0.29, 0.717) is 19.0 Å². The van der Waals surface area contributed by atoms with Crippen molar-refractivity contribution in [2.75, 3.05) is 32.6 Å². The number of ether oxygens (including phenoxy) is 1. The summed E-state index contributed by atoms with van der Waals surface area (Å²) in [4.78, 5) is 0. The zero-order valence-corrected chi connectivity index (χ0v) is 13.7. The predicted octanol–water partition coefficient (Wildman–Crippen LogP) is 1.83. The zero-order valence-electron chi connectivity index (χ0n) is 12.1. The fourth-order valence-electron chi connectivity index (χ4n) is 2.94. The van der Waals surface area contributed by atoms with Crippen LogP contribution in [-0.2, 0) is 14.9 Å². The van der Waals surface area contributed by atoms with E-state index in [2.05, 4.69) is 0 Å². The van der Waals surface area contributed by atoms with E-state index in [1.807, 2.05) is 0 Å². The van der Waals surface area contributed by atoms with Gasteiger partial charge in [-0.2, -0.15) is 17.0 Å². The predicted molar refractivity (Wildman–Crippen MR) is 80.2 cm³/mol. The molecule has 2 unspecified atom stereocenters. The lowest BCUT2D eigenvalue weighted by Gasteiger charge is -2.37. The number of likely N-dealkylation sites (N-methyl/N-ethyl adjacent to an activating group) is 1. The summed E-state index contributed by atoms with van der Waals surface area (Å²) in [6.45, 7) is 1.76. The van der Waals surface area contributed by atoms with E-state index in [4.69, 9.17) is 16.3 Å². The van der Waals surface area contributed by atoms with E-state index < -0.39 is 10.2 Å². The van der Waals surface area contributed by atoms with Gasteiger partial charge in [-0.05, 0) is 32.1 Å². The molecular formula is C13H25ClN2O3S. The molecule has 7 heteroatoms. The molecular weight excluding hydrogens is 300 g/mol. The molecule has 2 rings (SSSR count). The smallest absolute Gasteiger partial charge is 0.282 e. The molecule has 0 aromatic rings. The van der Waals surface area contributed by atoms with Crippen LogP contribution in [-0.4, -0.2) is 61.8 Å². The summed E-state index contributed by atoms with van der Waals surface area (Å²) >= 11 is 5.93. The first-order valence-electron chi connectivity index (χ1n) is 7.46. The van der Waals surface area contributed by atoms with Gasteiger partial charge >= 0.3 is 0 Å². The van der Waals surface area contributed by atoms with E-state index in [9.17, 15) is 8.42 Å². The topological polar surface area (TPSA) is 49.9 Å². The van der Waals surface area contributed by atoms with E-state index in [0.717, 1.165) is 45.1 Å². The third-order valence-electron chi connectivity index (χ3n) is 4.18. The summed E-state index contributed by atoms with van der Waals surface area (Å²) in [7, 11) is -1.77. The number of nitrogens with zero attached hydrogens (tertiary/aromatic N) is 2. The molecule has 2 atom stereocenters. The largest absolute Gasteiger partial charge is 0.377 e. The van der Waals surface area contributed by atoms with E-state index in [-0.39, 0.29) is 12.1 Å². The van der Waals surface area contributed by atoms with Crippen molar-refractivity contribution in [2.45, 2.75) is 50.7 Å². The molecule has 0 bridgehead atoms. The van der Waals surface area contributed by atoms with Crippen LogP contribution in [0.15, 0.2) is 0 Å². The van der Waals surface area contributed by atoms with E-state index >= 15 is 0 Å². The number of alkyl halides is 1. The van der Waals surface area contributed by atoms with Crippen molar-refractivity contribution in [3.63, 3.8) is 0 Å². The monoisotopic (exact) mass is 324 g/mol. The lowest BCUT2D eigenvalue weighted by molar-refractivity contribution is 0.00770. The summed E-state index contributed by atoms with van der Waals surface area (Å²) in [5.74, 6) is 0.368. The highest BCUT2D eigenvalue weighted by Crippen LogP contribution is 2.24. The van der Waals surface area contributed by atoms with Crippen LogP contribution in [0.1, 0.15) is 38.5 Å². The van der Waals surface area contributed by atoms with Gasteiger partial charge < -0.3 is 4.74 Å². The molecule has 0 N–H and O–H groups in total. The minimum Gasteiger partial charge on any atom is -0.377 e. The summed E-state index contributed by atoms with van der Waals surface area (Å²) in [5, 5.41) is 0. The number of hydrogen-bond acceptors (Lipinski definition) is 3. The van der Waals surface area contributed by atoms with Crippen molar-refractivity contribution in [1.82, 2.24) is 8.61 Å². The standard InChI is InChI=1S/C13H25ClN2O3S/c1-15(11-13-7-3-5-9-19-13)20(17,18)16-8-4-2-6-12(16)10-14/h12-13H,2-11H2,1H3. The SMILES string of the molecule is CN(CC1CCCCO1)S(=O)(=O)N1CCCCC1CCl. The molecule has 20 heavy (non-hydrogen) atoms. The number of hydrogen-bond donors (Lipinski definition) is 0. The maximum Gasteiger partial charge on any atom is 0.282 e. The van der Waals surface area contributed by atoms with Crippen LogP contribution in [0, 0.1) is 0 Å². The molecule has 2 aliphatic heterocycles. The van der Waals surface area contributed by atoms with Gasteiger partial charge in [-0.3, -0.25) is 0 Å². The molecule has 118 valence electrons.